The number of piperazine rings is 1. The van der Waals surface area contributed by atoms with Gasteiger partial charge in [0.2, 0.25) is 5.91 Å². The van der Waals surface area contributed by atoms with Crippen molar-refractivity contribution in [3.63, 3.8) is 0 Å². The van der Waals surface area contributed by atoms with Gasteiger partial charge in [0.15, 0.2) is 0 Å². The van der Waals surface area contributed by atoms with Crippen LogP contribution in [0, 0.1) is 0 Å². The topological polar surface area (TPSA) is 43.9 Å². The maximum absolute atomic E-state index is 13.1. The highest BCUT2D eigenvalue weighted by Gasteiger charge is 2.48. The van der Waals surface area contributed by atoms with Gasteiger partial charge in [-0.15, -0.1) is 0 Å². The Kier molecular flexibility index (Phi) is 4.79. The molecule has 2 aromatic rings. The number of hydrogen-bond acceptors (Lipinski definition) is 2. The second kappa shape index (κ2) is 7.24. The normalized spacial score (nSPS) is 22.4. The summed E-state index contributed by atoms with van der Waals surface area (Å²) in [4.78, 5) is 31.3. The fourth-order valence-electron chi connectivity index (χ4n) is 4.02. The Morgan fingerprint density at radius 1 is 0.963 bits per heavy atom. The van der Waals surface area contributed by atoms with Crippen LogP contribution in [0.4, 0.5) is 4.79 Å². The smallest absolute Gasteiger partial charge is 0.321 e. The van der Waals surface area contributed by atoms with Crippen LogP contribution < -0.4 is 0 Å². The number of rotatable bonds is 4. The van der Waals surface area contributed by atoms with Crippen LogP contribution in [0.5, 0.6) is 0 Å². The summed E-state index contributed by atoms with van der Waals surface area (Å²) in [6.07, 6.45) is 0.543. The van der Waals surface area contributed by atoms with Gasteiger partial charge in [-0.2, -0.15) is 0 Å². The molecule has 2 aromatic carbocycles. The van der Waals surface area contributed by atoms with Crippen molar-refractivity contribution in [2.45, 2.75) is 25.0 Å². The van der Waals surface area contributed by atoms with E-state index in [1.165, 1.54) is 0 Å². The number of likely N-dealkylation sites (N-methyl/N-ethyl adjacent to an activating group) is 1. The Morgan fingerprint density at radius 2 is 1.67 bits per heavy atom. The van der Waals surface area contributed by atoms with E-state index in [-0.39, 0.29) is 18.0 Å². The summed E-state index contributed by atoms with van der Waals surface area (Å²) in [6, 6.07) is 16.9. The average molecular weight is 384 g/mol. The van der Waals surface area contributed by atoms with E-state index in [4.69, 9.17) is 11.6 Å². The first kappa shape index (κ1) is 17.9. The highest BCUT2D eigenvalue weighted by atomic mass is 35.5. The van der Waals surface area contributed by atoms with Crippen molar-refractivity contribution >= 4 is 23.5 Å². The Balaban J connectivity index is 1.56. The fraction of sp³-hybridized carbons (Fsp3) is 0.333. The van der Waals surface area contributed by atoms with E-state index in [9.17, 15) is 9.59 Å². The molecule has 2 saturated heterocycles. The summed E-state index contributed by atoms with van der Waals surface area (Å²) in [6.45, 7) is 1.73. The molecule has 0 N–H and O–H groups in total. The number of fused-ring (bicyclic) bond motifs is 1. The van der Waals surface area contributed by atoms with Crippen LogP contribution in [0.1, 0.15) is 11.1 Å². The number of carbonyl (C=O) groups excluding carboxylic acids is 2. The zero-order valence-corrected chi connectivity index (χ0v) is 16.0. The van der Waals surface area contributed by atoms with Crippen molar-refractivity contribution in [3.8, 4) is 0 Å². The third-order valence-electron chi connectivity index (χ3n) is 5.36. The highest BCUT2D eigenvalue weighted by molar-refractivity contribution is 6.30. The minimum absolute atomic E-state index is 0.0109. The molecule has 0 spiro atoms. The number of halogens is 1. The van der Waals surface area contributed by atoms with Gasteiger partial charge < -0.3 is 14.7 Å². The quantitative estimate of drug-likeness (QED) is 0.814. The zero-order chi connectivity index (χ0) is 19.0. The van der Waals surface area contributed by atoms with Crippen LogP contribution in [0.25, 0.3) is 0 Å². The maximum atomic E-state index is 13.1. The molecule has 5 nitrogen and oxygen atoms in total. The molecule has 2 atom stereocenters. The molecule has 0 aliphatic carbocycles. The van der Waals surface area contributed by atoms with Crippen molar-refractivity contribution in [2.24, 2.45) is 0 Å². The van der Waals surface area contributed by atoms with E-state index in [0.29, 0.717) is 31.1 Å². The van der Waals surface area contributed by atoms with E-state index in [1.54, 1.807) is 9.80 Å². The number of nitrogens with zero attached hydrogens (tertiary/aromatic N) is 3. The van der Waals surface area contributed by atoms with Crippen molar-refractivity contribution in [3.05, 3.63) is 70.7 Å². The van der Waals surface area contributed by atoms with Gasteiger partial charge in [0.25, 0.3) is 0 Å². The van der Waals surface area contributed by atoms with E-state index < -0.39 is 6.04 Å². The first-order valence-electron chi connectivity index (χ1n) is 9.13. The highest BCUT2D eigenvalue weighted by Crippen LogP contribution is 2.28. The Bertz CT molecular complexity index is 840. The Hall–Kier alpha value is -2.53. The molecular weight excluding hydrogens is 362 g/mol. The van der Waals surface area contributed by atoms with Crippen molar-refractivity contribution in [2.75, 3.05) is 20.1 Å². The molecule has 4 rings (SSSR count). The first-order valence-corrected chi connectivity index (χ1v) is 9.51. The zero-order valence-electron chi connectivity index (χ0n) is 15.2. The number of urea groups is 1. The summed E-state index contributed by atoms with van der Waals surface area (Å²) >= 11 is 5.95. The summed E-state index contributed by atoms with van der Waals surface area (Å²) in [5.74, 6) is 0.0109. The van der Waals surface area contributed by atoms with E-state index in [2.05, 4.69) is 0 Å². The largest absolute Gasteiger partial charge is 0.342 e. The predicted octanol–water partition coefficient (Wildman–Crippen LogP) is 3.03. The monoisotopic (exact) mass is 383 g/mol. The third kappa shape index (κ3) is 3.52. The van der Waals surface area contributed by atoms with Gasteiger partial charge in [0, 0.05) is 38.1 Å². The number of carbonyl (C=O) groups is 2. The number of hydrogen-bond donors (Lipinski definition) is 0. The molecule has 0 bridgehead atoms. The molecule has 140 valence electrons. The third-order valence-corrected chi connectivity index (χ3v) is 5.61. The molecule has 27 heavy (non-hydrogen) atoms. The van der Waals surface area contributed by atoms with E-state index >= 15 is 0 Å². The Morgan fingerprint density at radius 3 is 2.37 bits per heavy atom. The van der Waals surface area contributed by atoms with Crippen LogP contribution in [0.3, 0.4) is 0 Å². The van der Waals surface area contributed by atoms with E-state index in [0.717, 1.165) is 11.1 Å². The van der Waals surface area contributed by atoms with Crippen molar-refractivity contribution < 1.29 is 9.59 Å². The molecule has 2 heterocycles. The fourth-order valence-corrected chi connectivity index (χ4v) is 4.14. The molecule has 2 aliphatic heterocycles. The second-order valence-corrected chi connectivity index (χ2v) is 7.71. The standard InChI is InChI=1S/C21H22ClN3O2/c1-23-13-18-14-24(12-16-7-9-17(22)10-8-16)21(27)25(18)19(20(23)26)11-15-5-3-2-4-6-15/h2-10,18-19H,11-14H2,1H3/t18-,19-/m0/s1. The minimum atomic E-state index is -0.445. The van der Waals surface area contributed by atoms with Gasteiger partial charge in [-0.25, -0.2) is 4.79 Å². The lowest BCUT2D eigenvalue weighted by Gasteiger charge is -2.40. The van der Waals surface area contributed by atoms with Gasteiger partial charge in [0.05, 0.1) is 6.04 Å². The molecular formula is C21H22ClN3O2. The predicted molar refractivity (Wildman–Crippen MR) is 104 cm³/mol. The second-order valence-electron chi connectivity index (χ2n) is 7.27. The SMILES string of the molecule is CN1C[C@H]2CN(Cc3ccc(Cl)cc3)C(=O)N2[C@@H](Cc2ccccc2)C1=O. The summed E-state index contributed by atoms with van der Waals surface area (Å²) in [5, 5.41) is 0.680. The molecule has 0 unspecified atom stereocenters. The van der Waals surface area contributed by atoms with Gasteiger partial charge in [-0.05, 0) is 23.3 Å². The Labute approximate surface area is 164 Å². The number of benzene rings is 2. The van der Waals surface area contributed by atoms with E-state index in [1.807, 2.05) is 66.5 Å². The average Bonchev–Trinajstić information content (AvgIpc) is 2.97. The lowest BCUT2D eigenvalue weighted by Crippen LogP contribution is -2.60. The molecule has 6 heteroatoms. The minimum Gasteiger partial charge on any atom is -0.342 e. The van der Waals surface area contributed by atoms with Crippen LogP contribution in [-0.4, -0.2) is 58.9 Å². The lowest BCUT2D eigenvalue weighted by molar-refractivity contribution is -0.139. The van der Waals surface area contributed by atoms with Crippen molar-refractivity contribution in [1.82, 2.24) is 14.7 Å². The molecule has 3 amide bonds. The van der Waals surface area contributed by atoms with Gasteiger partial charge in [-0.1, -0.05) is 54.1 Å². The number of amides is 3. The van der Waals surface area contributed by atoms with Crippen LogP contribution >= 0.6 is 11.6 Å². The van der Waals surface area contributed by atoms with Crippen LogP contribution in [0.2, 0.25) is 5.02 Å². The van der Waals surface area contributed by atoms with Gasteiger partial charge >= 0.3 is 6.03 Å². The molecule has 2 aliphatic rings. The molecule has 0 saturated carbocycles. The van der Waals surface area contributed by atoms with Crippen LogP contribution in [0.15, 0.2) is 54.6 Å². The summed E-state index contributed by atoms with van der Waals surface area (Å²) in [5.41, 5.74) is 2.10. The first-order chi connectivity index (χ1) is 13.0. The van der Waals surface area contributed by atoms with Gasteiger partial charge in [0.1, 0.15) is 6.04 Å². The maximum Gasteiger partial charge on any atom is 0.321 e. The lowest BCUT2D eigenvalue weighted by atomic mass is 9.99. The van der Waals surface area contributed by atoms with Crippen molar-refractivity contribution in [1.29, 1.82) is 0 Å². The molecule has 0 radical (unpaired) electrons. The molecule has 0 aromatic heterocycles. The van der Waals surface area contributed by atoms with Gasteiger partial charge in [-0.3, -0.25) is 4.79 Å². The van der Waals surface area contributed by atoms with Crippen LogP contribution in [-0.2, 0) is 17.8 Å². The molecule has 2 fully saturated rings. The summed E-state index contributed by atoms with van der Waals surface area (Å²) in [7, 11) is 1.82. The summed E-state index contributed by atoms with van der Waals surface area (Å²) < 4.78 is 0.